The molecule has 2 aliphatic rings. The fourth-order valence-corrected chi connectivity index (χ4v) is 5.13. The molecule has 13 nitrogen and oxygen atoms in total. The van der Waals surface area contributed by atoms with Crippen molar-refractivity contribution in [2.24, 2.45) is 7.05 Å². The number of fused-ring (bicyclic) bond motifs is 2. The molecule has 1 saturated heterocycles. The van der Waals surface area contributed by atoms with Crippen molar-refractivity contribution < 1.29 is 28.7 Å². The molecule has 13 heteroatoms. The second-order valence-electron chi connectivity index (χ2n) is 10.8. The summed E-state index contributed by atoms with van der Waals surface area (Å²) in [5, 5.41) is 7.55. The van der Waals surface area contributed by atoms with Crippen LogP contribution in [0.5, 0.6) is 5.75 Å². The van der Waals surface area contributed by atoms with E-state index in [1.54, 1.807) is 25.6 Å². The predicted molar refractivity (Wildman–Crippen MR) is 156 cm³/mol. The first-order valence-corrected chi connectivity index (χ1v) is 14.5. The van der Waals surface area contributed by atoms with E-state index in [0.29, 0.717) is 62.5 Å². The van der Waals surface area contributed by atoms with Crippen molar-refractivity contribution in [1.29, 1.82) is 0 Å². The highest BCUT2D eigenvalue weighted by Gasteiger charge is 2.28. The maximum atomic E-state index is 13.1. The Morgan fingerprint density at radius 2 is 1.74 bits per heavy atom. The van der Waals surface area contributed by atoms with Crippen LogP contribution >= 0.6 is 0 Å². The van der Waals surface area contributed by atoms with Crippen LogP contribution in [0.15, 0.2) is 30.5 Å². The number of hydrogen-bond donors (Lipinski definition) is 1. The topological polar surface area (TPSA) is 139 Å². The Kier molecular flexibility index (Phi) is 9.07. The number of benzene rings is 1. The standard InChI is InChI=1S/C30H37N7O6/c1-4-5-12-42-30(41)36-10-8-35(9-11-36)27(38)16-31-29(40)24-14-26(22-7-6-20(2)13-23(22)33-24)43-19-28(39)37-17-21-15-32-34(3)25(21)18-37/h6-7,13-15H,4-5,8-12,16-19H2,1-3H3,(H,31,40). The van der Waals surface area contributed by atoms with Gasteiger partial charge in [-0.1, -0.05) is 19.4 Å². The number of unbranched alkanes of at least 4 members (excludes halogenated alkanes) is 1. The van der Waals surface area contributed by atoms with Crippen molar-refractivity contribution in [2.45, 2.75) is 39.8 Å². The lowest BCUT2D eigenvalue weighted by molar-refractivity contribution is -0.134. The van der Waals surface area contributed by atoms with Crippen molar-refractivity contribution in [2.75, 3.05) is 45.9 Å². The minimum absolute atomic E-state index is 0.0765. The molecule has 1 aromatic carbocycles. The molecule has 2 aromatic heterocycles. The molecule has 2 aliphatic heterocycles. The average molecular weight is 592 g/mol. The first kappa shape index (κ1) is 29.8. The fraction of sp³-hybridized carbons (Fsp3) is 0.467. The zero-order valence-corrected chi connectivity index (χ0v) is 24.8. The maximum Gasteiger partial charge on any atom is 0.409 e. The van der Waals surface area contributed by atoms with E-state index in [1.807, 2.05) is 39.1 Å². The lowest BCUT2D eigenvalue weighted by Gasteiger charge is -2.34. The van der Waals surface area contributed by atoms with Crippen molar-refractivity contribution in [3.05, 3.63) is 53.0 Å². The van der Waals surface area contributed by atoms with E-state index in [0.717, 1.165) is 29.7 Å². The van der Waals surface area contributed by atoms with Crippen LogP contribution in [-0.2, 0) is 34.5 Å². The van der Waals surface area contributed by atoms with Gasteiger partial charge < -0.3 is 29.5 Å². The molecule has 4 amide bonds. The number of piperazine rings is 1. The first-order valence-electron chi connectivity index (χ1n) is 14.5. The summed E-state index contributed by atoms with van der Waals surface area (Å²) in [4.78, 5) is 60.4. The fourth-order valence-electron chi connectivity index (χ4n) is 5.13. The van der Waals surface area contributed by atoms with Crippen LogP contribution in [0.2, 0.25) is 0 Å². The maximum absolute atomic E-state index is 13.1. The number of carbonyl (C=O) groups is 4. The van der Waals surface area contributed by atoms with Crippen LogP contribution in [0, 0.1) is 6.92 Å². The zero-order valence-electron chi connectivity index (χ0n) is 24.8. The number of ether oxygens (including phenoxy) is 2. The van der Waals surface area contributed by atoms with E-state index < -0.39 is 5.91 Å². The number of nitrogens with zero attached hydrogens (tertiary/aromatic N) is 6. The third-order valence-electron chi connectivity index (χ3n) is 7.73. The molecule has 5 rings (SSSR count). The summed E-state index contributed by atoms with van der Waals surface area (Å²) in [6, 6.07) is 7.09. The highest BCUT2D eigenvalue weighted by atomic mass is 16.6. The van der Waals surface area contributed by atoms with Gasteiger partial charge in [0.05, 0.1) is 37.1 Å². The summed E-state index contributed by atoms with van der Waals surface area (Å²) in [5.74, 6) is -0.615. The molecule has 0 atom stereocenters. The van der Waals surface area contributed by atoms with Gasteiger partial charge in [-0.15, -0.1) is 0 Å². The van der Waals surface area contributed by atoms with Crippen LogP contribution in [0.25, 0.3) is 10.9 Å². The van der Waals surface area contributed by atoms with Gasteiger partial charge in [0.1, 0.15) is 11.4 Å². The Morgan fingerprint density at radius 1 is 0.977 bits per heavy atom. The van der Waals surface area contributed by atoms with Crippen molar-refractivity contribution in [3.8, 4) is 5.75 Å². The van der Waals surface area contributed by atoms with Crippen LogP contribution in [-0.4, -0.2) is 99.2 Å². The molecule has 1 fully saturated rings. The average Bonchev–Trinajstić information content (AvgIpc) is 3.60. The van der Waals surface area contributed by atoms with Gasteiger partial charge >= 0.3 is 6.09 Å². The summed E-state index contributed by atoms with van der Waals surface area (Å²) in [6.07, 6.45) is 3.15. The van der Waals surface area contributed by atoms with Crippen molar-refractivity contribution in [3.63, 3.8) is 0 Å². The number of hydrogen-bond acceptors (Lipinski definition) is 8. The van der Waals surface area contributed by atoms with E-state index in [4.69, 9.17) is 9.47 Å². The van der Waals surface area contributed by atoms with Crippen LogP contribution in [0.1, 0.15) is 47.1 Å². The SMILES string of the molecule is CCCCOC(=O)N1CCN(C(=O)CNC(=O)c2cc(OCC(=O)N3Cc4cnn(C)c4C3)c3ccc(C)cc3n2)CC1. The smallest absolute Gasteiger partial charge is 0.409 e. The molecule has 0 radical (unpaired) electrons. The third kappa shape index (κ3) is 6.87. The first-order chi connectivity index (χ1) is 20.7. The molecule has 0 saturated carbocycles. The molecule has 43 heavy (non-hydrogen) atoms. The Bertz CT molecular complexity index is 1530. The lowest BCUT2D eigenvalue weighted by atomic mass is 10.1. The summed E-state index contributed by atoms with van der Waals surface area (Å²) in [6.45, 7) is 6.30. The number of amides is 4. The Labute approximate surface area is 249 Å². The van der Waals surface area contributed by atoms with Gasteiger partial charge in [-0.25, -0.2) is 9.78 Å². The Hall–Kier alpha value is -4.68. The second kappa shape index (κ2) is 13.1. The minimum Gasteiger partial charge on any atom is -0.483 e. The largest absolute Gasteiger partial charge is 0.483 e. The van der Waals surface area contributed by atoms with Crippen molar-refractivity contribution in [1.82, 2.24) is 34.8 Å². The molecule has 0 unspecified atom stereocenters. The monoisotopic (exact) mass is 591 g/mol. The van der Waals surface area contributed by atoms with Crippen LogP contribution < -0.4 is 10.1 Å². The van der Waals surface area contributed by atoms with Crippen LogP contribution in [0.3, 0.4) is 0 Å². The molecule has 0 spiro atoms. The van der Waals surface area contributed by atoms with E-state index in [2.05, 4.69) is 15.4 Å². The molecule has 1 N–H and O–H groups in total. The van der Waals surface area contributed by atoms with Gasteiger partial charge in [-0.05, 0) is 31.0 Å². The number of pyridine rings is 1. The van der Waals surface area contributed by atoms with Gasteiger partial charge in [-0.2, -0.15) is 5.10 Å². The van der Waals surface area contributed by atoms with E-state index in [9.17, 15) is 19.2 Å². The summed E-state index contributed by atoms with van der Waals surface area (Å²) >= 11 is 0. The molecule has 0 bridgehead atoms. The quantitative estimate of drug-likeness (QED) is 0.373. The number of carbonyl (C=O) groups excluding carboxylic acids is 4. The molecule has 4 heterocycles. The van der Waals surface area contributed by atoms with Gasteiger partial charge in [0.25, 0.3) is 11.8 Å². The van der Waals surface area contributed by atoms with Crippen molar-refractivity contribution >= 4 is 34.7 Å². The van der Waals surface area contributed by atoms with E-state index >= 15 is 0 Å². The predicted octanol–water partition coefficient (Wildman–Crippen LogP) is 2.01. The second-order valence-corrected chi connectivity index (χ2v) is 10.8. The Balaban J connectivity index is 1.18. The number of aryl methyl sites for hydroxylation is 2. The van der Waals surface area contributed by atoms with E-state index in [-0.39, 0.29) is 36.8 Å². The number of rotatable bonds is 9. The normalized spacial score (nSPS) is 14.5. The third-order valence-corrected chi connectivity index (χ3v) is 7.73. The van der Waals surface area contributed by atoms with Crippen LogP contribution in [0.4, 0.5) is 4.79 Å². The minimum atomic E-state index is -0.534. The lowest BCUT2D eigenvalue weighted by Crippen LogP contribution is -2.52. The highest BCUT2D eigenvalue weighted by molar-refractivity contribution is 5.98. The zero-order chi connectivity index (χ0) is 30.5. The number of nitrogens with one attached hydrogen (secondary N) is 1. The molecular formula is C30H37N7O6. The Morgan fingerprint density at radius 3 is 2.49 bits per heavy atom. The van der Waals surface area contributed by atoms with Gasteiger partial charge in [0.15, 0.2) is 6.61 Å². The van der Waals surface area contributed by atoms with Gasteiger partial charge in [0, 0.05) is 56.8 Å². The highest BCUT2D eigenvalue weighted by Crippen LogP contribution is 2.27. The van der Waals surface area contributed by atoms with Gasteiger partial charge in [-0.3, -0.25) is 19.1 Å². The van der Waals surface area contributed by atoms with Gasteiger partial charge in [0.2, 0.25) is 5.91 Å². The summed E-state index contributed by atoms with van der Waals surface area (Å²) < 4.78 is 13.0. The molecule has 0 aliphatic carbocycles. The molecule has 228 valence electrons. The molecule has 3 aromatic rings. The summed E-state index contributed by atoms with van der Waals surface area (Å²) in [7, 11) is 1.85. The molecular weight excluding hydrogens is 554 g/mol. The summed E-state index contributed by atoms with van der Waals surface area (Å²) in [5.41, 5.74) is 3.58. The van der Waals surface area contributed by atoms with E-state index in [1.165, 1.54) is 6.07 Å². The number of aromatic nitrogens is 3.